The number of nitrogens with zero attached hydrogens (tertiary/aromatic N) is 4. The third-order valence-corrected chi connectivity index (χ3v) is 6.86. The maximum atomic E-state index is 11.0. The van der Waals surface area contributed by atoms with Crippen molar-refractivity contribution in [2.75, 3.05) is 0 Å². The minimum Gasteiger partial charge on any atom is -0.258 e. The summed E-state index contributed by atoms with van der Waals surface area (Å²) in [6.07, 6.45) is 6.00. The zero-order chi connectivity index (χ0) is 20.2. The lowest BCUT2D eigenvalue weighted by molar-refractivity contribution is -0.384. The van der Waals surface area contributed by atoms with E-state index in [9.17, 15) is 10.1 Å². The van der Waals surface area contributed by atoms with Gasteiger partial charge in [-0.2, -0.15) is 5.10 Å². The summed E-state index contributed by atoms with van der Waals surface area (Å²) in [5.41, 5.74) is 2.79. The van der Waals surface area contributed by atoms with Gasteiger partial charge in [-0.25, -0.2) is 4.68 Å². The van der Waals surface area contributed by atoms with Gasteiger partial charge in [-0.05, 0) is 43.3 Å². The highest BCUT2D eigenvalue weighted by Crippen LogP contribution is 2.25. The Kier molecular flexibility index (Phi) is 6.01. The number of thiazole rings is 1. The quantitative estimate of drug-likeness (QED) is 0.298. The van der Waals surface area contributed by atoms with E-state index in [0.29, 0.717) is 6.04 Å². The standard InChI is InChI=1S/C21H22N4O2S2/c1-15(20-8-5-13-28-20)23-24-19(16-9-11-18(12-10-16)25(26)27)14-29-21(24)22-17-6-3-2-4-7-17/h5,8-14,17H,2-4,6-7H2,1H3. The average Bonchev–Trinajstić information content (AvgIpc) is 3.40. The summed E-state index contributed by atoms with van der Waals surface area (Å²) in [4.78, 5) is 17.6. The highest BCUT2D eigenvalue weighted by molar-refractivity contribution is 7.12. The van der Waals surface area contributed by atoms with Crippen LogP contribution in [0.15, 0.2) is 57.3 Å². The second-order valence-corrected chi connectivity index (χ2v) is 8.89. The molecule has 0 N–H and O–H groups in total. The average molecular weight is 427 g/mol. The summed E-state index contributed by atoms with van der Waals surface area (Å²) < 4.78 is 1.90. The van der Waals surface area contributed by atoms with Crippen molar-refractivity contribution in [3.8, 4) is 11.3 Å². The number of benzene rings is 1. The number of thiophene rings is 1. The van der Waals surface area contributed by atoms with Crippen LogP contribution in [0.2, 0.25) is 0 Å². The Balaban J connectivity index is 1.79. The van der Waals surface area contributed by atoms with Crippen molar-refractivity contribution in [1.82, 2.24) is 4.68 Å². The van der Waals surface area contributed by atoms with Crippen LogP contribution in [0.5, 0.6) is 0 Å². The molecule has 2 heterocycles. The van der Waals surface area contributed by atoms with Gasteiger partial charge in [0.2, 0.25) is 4.80 Å². The van der Waals surface area contributed by atoms with Crippen molar-refractivity contribution in [3.63, 3.8) is 0 Å². The number of hydrogen-bond acceptors (Lipinski definition) is 6. The van der Waals surface area contributed by atoms with E-state index in [1.807, 2.05) is 28.4 Å². The topological polar surface area (TPSA) is 72.8 Å². The second kappa shape index (κ2) is 8.84. The van der Waals surface area contributed by atoms with E-state index in [1.54, 1.807) is 34.8 Å². The summed E-state index contributed by atoms with van der Waals surface area (Å²) in [6.45, 7) is 2.00. The molecule has 0 aliphatic heterocycles. The fourth-order valence-corrected chi connectivity index (χ4v) is 5.06. The van der Waals surface area contributed by atoms with Crippen molar-refractivity contribution in [2.45, 2.75) is 45.1 Å². The fraction of sp³-hybridized carbons (Fsp3) is 0.333. The summed E-state index contributed by atoms with van der Waals surface area (Å²) >= 11 is 3.23. The zero-order valence-electron chi connectivity index (χ0n) is 16.2. The van der Waals surface area contributed by atoms with Gasteiger partial charge in [-0.1, -0.05) is 25.3 Å². The van der Waals surface area contributed by atoms with Gasteiger partial charge >= 0.3 is 0 Å². The van der Waals surface area contributed by atoms with Crippen LogP contribution in [0.25, 0.3) is 11.3 Å². The largest absolute Gasteiger partial charge is 0.269 e. The molecule has 1 aliphatic rings. The van der Waals surface area contributed by atoms with Crippen LogP contribution >= 0.6 is 22.7 Å². The fourth-order valence-electron chi connectivity index (χ4n) is 3.49. The first kappa shape index (κ1) is 19.7. The first-order valence-corrected chi connectivity index (χ1v) is 11.5. The van der Waals surface area contributed by atoms with E-state index in [-0.39, 0.29) is 10.6 Å². The van der Waals surface area contributed by atoms with Gasteiger partial charge in [0.1, 0.15) is 0 Å². The third-order valence-electron chi connectivity index (χ3n) is 5.05. The molecule has 8 heteroatoms. The van der Waals surface area contributed by atoms with Gasteiger partial charge in [-0.15, -0.1) is 22.7 Å². The van der Waals surface area contributed by atoms with Gasteiger partial charge in [0, 0.05) is 23.1 Å². The Morgan fingerprint density at radius 2 is 1.90 bits per heavy atom. The lowest BCUT2D eigenvalue weighted by Gasteiger charge is -2.17. The highest BCUT2D eigenvalue weighted by Gasteiger charge is 2.15. The molecule has 0 radical (unpaired) electrons. The Hall–Kier alpha value is -2.58. The molecule has 29 heavy (non-hydrogen) atoms. The van der Waals surface area contributed by atoms with E-state index in [4.69, 9.17) is 10.1 Å². The van der Waals surface area contributed by atoms with Crippen molar-refractivity contribution >= 4 is 34.1 Å². The number of nitro benzene ring substituents is 1. The Morgan fingerprint density at radius 1 is 1.14 bits per heavy atom. The van der Waals surface area contributed by atoms with Gasteiger partial charge in [0.15, 0.2) is 0 Å². The molecule has 0 bridgehead atoms. The van der Waals surface area contributed by atoms with E-state index < -0.39 is 0 Å². The molecule has 0 spiro atoms. The molecule has 0 unspecified atom stereocenters. The molecule has 1 aliphatic carbocycles. The van der Waals surface area contributed by atoms with Gasteiger partial charge < -0.3 is 0 Å². The monoisotopic (exact) mass is 426 g/mol. The minimum atomic E-state index is -0.381. The molecule has 1 aromatic carbocycles. The molecule has 1 fully saturated rings. The molecule has 0 atom stereocenters. The maximum absolute atomic E-state index is 11.0. The van der Waals surface area contributed by atoms with Gasteiger partial charge in [0.25, 0.3) is 5.69 Å². The van der Waals surface area contributed by atoms with Crippen LogP contribution in [-0.2, 0) is 0 Å². The minimum absolute atomic E-state index is 0.0842. The lowest BCUT2D eigenvalue weighted by atomic mass is 9.96. The molecule has 3 aromatic rings. The van der Waals surface area contributed by atoms with Crippen molar-refractivity contribution in [1.29, 1.82) is 0 Å². The van der Waals surface area contributed by atoms with Crippen molar-refractivity contribution in [2.24, 2.45) is 10.1 Å². The van der Waals surface area contributed by atoms with Crippen LogP contribution in [0.1, 0.15) is 43.9 Å². The zero-order valence-corrected chi connectivity index (χ0v) is 17.8. The number of non-ortho nitro benzene ring substituents is 1. The Bertz CT molecular complexity index is 1070. The summed E-state index contributed by atoms with van der Waals surface area (Å²) in [5, 5.41) is 19.9. The molecule has 2 aromatic heterocycles. The van der Waals surface area contributed by atoms with E-state index >= 15 is 0 Å². The molecular weight excluding hydrogens is 404 g/mol. The number of rotatable bonds is 5. The molecular formula is C21H22N4O2S2. The van der Waals surface area contributed by atoms with Crippen LogP contribution in [-0.4, -0.2) is 21.4 Å². The van der Waals surface area contributed by atoms with Crippen molar-refractivity contribution in [3.05, 3.63) is 67.0 Å². The maximum Gasteiger partial charge on any atom is 0.269 e. The predicted octanol–water partition coefficient (Wildman–Crippen LogP) is 5.69. The first-order chi connectivity index (χ1) is 14.1. The summed E-state index contributed by atoms with van der Waals surface area (Å²) in [7, 11) is 0. The SMILES string of the molecule is CC(=Nn1c(-c2ccc([N+](=O)[O-])cc2)csc1=NC1CCCCC1)c1cccs1. The van der Waals surface area contributed by atoms with Crippen LogP contribution in [0, 0.1) is 10.1 Å². The second-order valence-electron chi connectivity index (χ2n) is 7.10. The first-order valence-electron chi connectivity index (χ1n) is 9.70. The van der Waals surface area contributed by atoms with Gasteiger partial charge in [0.05, 0.1) is 27.2 Å². The van der Waals surface area contributed by atoms with Crippen LogP contribution < -0.4 is 4.80 Å². The van der Waals surface area contributed by atoms with E-state index in [0.717, 1.165) is 39.5 Å². The number of hydrogen-bond donors (Lipinski definition) is 0. The normalized spacial score (nSPS) is 16.3. The smallest absolute Gasteiger partial charge is 0.258 e. The number of aromatic nitrogens is 1. The molecule has 4 rings (SSSR count). The van der Waals surface area contributed by atoms with Crippen LogP contribution in [0.3, 0.4) is 0 Å². The molecule has 6 nitrogen and oxygen atoms in total. The predicted molar refractivity (Wildman–Crippen MR) is 119 cm³/mol. The lowest BCUT2D eigenvalue weighted by Crippen LogP contribution is -2.19. The Labute approximate surface area is 177 Å². The van der Waals surface area contributed by atoms with Crippen molar-refractivity contribution < 1.29 is 4.92 Å². The summed E-state index contributed by atoms with van der Waals surface area (Å²) in [5.74, 6) is 0. The molecule has 0 saturated heterocycles. The van der Waals surface area contributed by atoms with E-state index in [2.05, 4.69) is 6.07 Å². The molecule has 0 amide bonds. The highest BCUT2D eigenvalue weighted by atomic mass is 32.1. The Morgan fingerprint density at radius 3 is 2.55 bits per heavy atom. The molecule has 150 valence electrons. The van der Waals surface area contributed by atoms with E-state index in [1.165, 1.54) is 31.4 Å². The summed E-state index contributed by atoms with van der Waals surface area (Å²) in [6, 6.07) is 11.0. The van der Waals surface area contributed by atoms with Gasteiger partial charge in [-0.3, -0.25) is 15.1 Å². The molecule has 1 saturated carbocycles. The third kappa shape index (κ3) is 4.54. The number of nitro groups is 1. The van der Waals surface area contributed by atoms with Crippen LogP contribution in [0.4, 0.5) is 5.69 Å².